The zero-order chi connectivity index (χ0) is 51.4. The highest BCUT2D eigenvalue weighted by Crippen LogP contribution is 2.65. The molecule has 4 aliphatic rings. The number of esters is 2. The van der Waals surface area contributed by atoms with Crippen molar-refractivity contribution in [2.45, 2.75) is 135 Å². The van der Waals surface area contributed by atoms with E-state index in [2.05, 4.69) is 157 Å². The van der Waals surface area contributed by atoms with E-state index in [1.54, 1.807) is 0 Å². The van der Waals surface area contributed by atoms with Gasteiger partial charge in [0.25, 0.3) is 0 Å². The second-order valence-electron chi connectivity index (χ2n) is 20.9. The van der Waals surface area contributed by atoms with E-state index in [0.29, 0.717) is 25.9 Å². The fourth-order valence-electron chi connectivity index (χ4n) is 12.1. The topological polar surface area (TPSA) is 59.1 Å². The Balaban J connectivity index is 1.11. The Kier molecular flexibility index (Phi) is 21.8. The Bertz CT molecular complexity index is 2280. The van der Waals surface area contributed by atoms with Crippen LogP contribution in [0, 0.1) is 35.5 Å². The van der Waals surface area contributed by atoms with Crippen LogP contribution in [0.5, 0.6) is 0 Å². The van der Waals surface area contributed by atoms with Crippen molar-refractivity contribution in [1.29, 1.82) is 0 Å². The summed E-state index contributed by atoms with van der Waals surface area (Å²) >= 11 is 7.74. The predicted octanol–water partition coefficient (Wildman–Crippen LogP) is 14.1. The van der Waals surface area contributed by atoms with Crippen molar-refractivity contribution < 1.29 is 19.1 Å². The Morgan fingerprint density at radius 2 is 0.824 bits per heavy atom. The number of ether oxygens (including phenoxy) is 2. The molecule has 4 aromatic carbocycles. The first-order valence-corrected chi connectivity index (χ1v) is 31.7. The Hall–Kier alpha value is -3.74. The van der Waals surface area contributed by atoms with Gasteiger partial charge in [-0.2, -0.15) is 0 Å². The van der Waals surface area contributed by atoms with E-state index in [0.717, 1.165) is 150 Å². The van der Waals surface area contributed by atoms with Gasteiger partial charge in [-0.25, -0.2) is 9.59 Å². The number of benzene rings is 4. The molecule has 4 fully saturated rings. The normalized spacial score (nSPS) is 19.7. The molecular formula is C64H80N2O4S4. The first kappa shape index (κ1) is 56.5. The maximum atomic E-state index is 15.7. The third kappa shape index (κ3) is 14.0. The quantitative estimate of drug-likeness (QED) is 0.0486. The molecule has 2 saturated heterocycles. The third-order valence-electron chi connectivity index (χ3n) is 15.8. The lowest BCUT2D eigenvalue weighted by molar-refractivity contribution is -0.199. The highest BCUT2D eigenvalue weighted by Gasteiger charge is 2.64. The van der Waals surface area contributed by atoms with Crippen molar-refractivity contribution >= 4 is 59.0 Å². The summed E-state index contributed by atoms with van der Waals surface area (Å²) in [6, 6.07) is 42.3. The van der Waals surface area contributed by atoms with Crippen LogP contribution in [0.2, 0.25) is 0 Å². The maximum absolute atomic E-state index is 15.7. The van der Waals surface area contributed by atoms with Gasteiger partial charge in [0.1, 0.15) is 8.16 Å². The van der Waals surface area contributed by atoms with Gasteiger partial charge in [-0.15, -0.1) is 58.9 Å². The van der Waals surface area contributed by atoms with Crippen molar-refractivity contribution in [3.63, 3.8) is 0 Å². The van der Waals surface area contributed by atoms with Crippen molar-refractivity contribution in [2.75, 3.05) is 63.3 Å². The smallest absolute Gasteiger partial charge is 0.418 e. The van der Waals surface area contributed by atoms with Crippen molar-refractivity contribution in [3.8, 4) is 23.7 Å². The zero-order valence-electron chi connectivity index (χ0n) is 44.2. The first-order valence-electron chi connectivity index (χ1n) is 27.8. The van der Waals surface area contributed by atoms with Gasteiger partial charge in [-0.05, 0) is 124 Å². The number of hydrogen-bond acceptors (Lipinski definition) is 10. The van der Waals surface area contributed by atoms with Gasteiger partial charge < -0.3 is 9.47 Å². The van der Waals surface area contributed by atoms with Crippen LogP contribution in [-0.2, 0) is 43.1 Å². The van der Waals surface area contributed by atoms with Crippen LogP contribution in [0.4, 0.5) is 0 Å². The minimum absolute atomic E-state index is 0.0227. The number of hydrogen-bond donors (Lipinski definition) is 0. The molecular weight excluding hydrogens is 989 g/mol. The van der Waals surface area contributed by atoms with Gasteiger partial charge in [-0.3, -0.25) is 9.80 Å². The molecule has 394 valence electrons. The monoisotopic (exact) mass is 1070 g/mol. The minimum Gasteiger partial charge on any atom is -0.443 e. The van der Waals surface area contributed by atoms with Crippen LogP contribution in [0.3, 0.4) is 0 Å². The van der Waals surface area contributed by atoms with Gasteiger partial charge in [0.2, 0.25) is 0 Å². The Morgan fingerprint density at radius 3 is 1.18 bits per heavy atom. The molecule has 2 unspecified atom stereocenters. The lowest BCUT2D eigenvalue weighted by Gasteiger charge is -2.56. The lowest BCUT2D eigenvalue weighted by atomic mass is 9.70. The molecule has 10 heteroatoms. The van der Waals surface area contributed by atoms with Crippen molar-refractivity contribution in [2.24, 2.45) is 11.8 Å². The molecule has 0 spiro atoms. The van der Waals surface area contributed by atoms with Crippen molar-refractivity contribution in [3.05, 3.63) is 144 Å². The number of likely N-dealkylation sites (N-methyl/N-ethyl adjacent to an activating group) is 2. The molecule has 2 aliphatic carbocycles. The number of carbonyl (C=O) groups excluding carboxylic acids is 2. The summed E-state index contributed by atoms with van der Waals surface area (Å²) in [5, 5.41) is 0. The summed E-state index contributed by atoms with van der Waals surface area (Å²) in [6.45, 7) is 3.25. The van der Waals surface area contributed by atoms with Gasteiger partial charge in [0.05, 0.1) is 13.1 Å². The summed E-state index contributed by atoms with van der Waals surface area (Å²) < 4.78 is 13.6. The average Bonchev–Trinajstić information content (AvgIpc) is 3.46. The third-order valence-corrected chi connectivity index (χ3v) is 23.1. The molecule has 6 nitrogen and oxygen atoms in total. The summed E-state index contributed by atoms with van der Waals surface area (Å²) in [4.78, 5) is 35.9. The molecule has 0 N–H and O–H groups in total. The van der Waals surface area contributed by atoms with E-state index in [1.807, 2.05) is 59.2 Å². The fraction of sp³-hybridized carbons (Fsp3) is 0.531. The lowest BCUT2D eigenvalue weighted by Crippen LogP contribution is -2.59. The Labute approximate surface area is 462 Å². The van der Waals surface area contributed by atoms with Crippen LogP contribution in [0.15, 0.2) is 121 Å². The van der Waals surface area contributed by atoms with E-state index in [1.165, 1.54) is 11.1 Å². The molecule has 0 radical (unpaired) electrons. The van der Waals surface area contributed by atoms with E-state index >= 15 is 9.59 Å². The molecule has 4 aromatic rings. The second kappa shape index (κ2) is 28.6. The molecule has 74 heavy (non-hydrogen) atoms. The molecule has 8 rings (SSSR count). The minimum atomic E-state index is -1.09. The second-order valence-corrected chi connectivity index (χ2v) is 27.0. The molecule has 0 amide bonds. The summed E-state index contributed by atoms with van der Waals surface area (Å²) in [6.07, 6.45) is 17.2. The molecule has 0 aromatic heterocycles. The van der Waals surface area contributed by atoms with E-state index < -0.39 is 31.3 Å². The molecule has 2 aliphatic heterocycles. The number of carbonyl (C=O) groups is 2. The standard InChI is InChI=1S/C64H80N2O4S4/c1-65(47-41-53-29-11-3-12-30-53)45-25-9-23-43-61(71-49-27-50-72-61)63(55-33-15-5-16-34-55,56-35-17-6-18-36-56)69-59(67)60(68)70-64(57-37-19-7-20-38-57,58-39-21-8-22-40-58)62(73-51-28-52-74-62)44-24-10-26-46-66(2)48-42-54-31-13-4-14-32-54/h3-5,7,11-16,19-20,29-34,37-38,56,58H,6,8,17-18,21-24,27-28,35-36,39-52H2,1-2H3. The van der Waals surface area contributed by atoms with Gasteiger partial charge in [0, 0.05) is 37.8 Å². The van der Waals surface area contributed by atoms with Gasteiger partial charge in [-0.1, -0.05) is 172 Å². The number of nitrogens with zero attached hydrogens (tertiary/aromatic N) is 2. The number of rotatable bonds is 20. The summed E-state index contributed by atoms with van der Waals surface area (Å²) in [5.41, 5.74) is 2.43. The molecule has 2 heterocycles. The van der Waals surface area contributed by atoms with Crippen LogP contribution >= 0.6 is 47.0 Å². The van der Waals surface area contributed by atoms with Crippen LogP contribution < -0.4 is 0 Å². The highest BCUT2D eigenvalue weighted by molar-refractivity contribution is 8.19. The van der Waals surface area contributed by atoms with Crippen LogP contribution in [0.25, 0.3) is 0 Å². The zero-order valence-corrected chi connectivity index (χ0v) is 47.5. The molecule has 0 bridgehead atoms. The highest BCUT2D eigenvalue weighted by atomic mass is 32.2. The molecule has 2 atom stereocenters. The van der Waals surface area contributed by atoms with Crippen molar-refractivity contribution in [1.82, 2.24) is 9.80 Å². The van der Waals surface area contributed by atoms with Gasteiger partial charge in [0.15, 0.2) is 11.2 Å². The SMILES string of the molecule is CN(CC#CCCC1(C(OC(=O)C(=O)OC(c2ccccc2)(C2CCCCC2)C2(CCC#CCN(C)CCc3ccccc3)SCCCS2)(c2ccccc2)C2CCCCC2)SCCCS1)CCc1ccccc1. The maximum Gasteiger partial charge on any atom is 0.418 e. The van der Waals surface area contributed by atoms with Crippen LogP contribution in [0.1, 0.15) is 125 Å². The largest absolute Gasteiger partial charge is 0.443 e. The van der Waals surface area contributed by atoms with E-state index in [-0.39, 0.29) is 11.8 Å². The van der Waals surface area contributed by atoms with E-state index in [4.69, 9.17) is 9.47 Å². The predicted molar refractivity (Wildman–Crippen MR) is 315 cm³/mol. The van der Waals surface area contributed by atoms with E-state index in [9.17, 15) is 0 Å². The average molecular weight is 1070 g/mol. The van der Waals surface area contributed by atoms with Crippen LogP contribution in [-0.4, -0.2) is 93.2 Å². The Morgan fingerprint density at radius 1 is 0.486 bits per heavy atom. The fourth-order valence-corrected chi connectivity index (χ4v) is 19.7. The first-order chi connectivity index (χ1) is 36.3. The van der Waals surface area contributed by atoms with Gasteiger partial charge >= 0.3 is 11.9 Å². The molecule has 2 saturated carbocycles. The summed E-state index contributed by atoms with van der Waals surface area (Å²) in [7, 11) is 4.29. The summed E-state index contributed by atoms with van der Waals surface area (Å²) in [5.74, 6) is 16.3. The number of thioether (sulfide) groups is 4.